The first kappa shape index (κ1) is 17.8. The lowest BCUT2D eigenvalue weighted by atomic mass is 10.1. The number of nitrogens with zero attached hydrogens (tertiary/aromatic N) is 3. The molecule has 0 radical (unpaired) electrons. The van der Waals surface area contributed by atoms with Crippen LogP contribution in [0.4, 0.5) is 5.69 Å². The predicted octanol–water partition coefficient (Wildman–Crippen LogP) is 5.32. The SMILES string of the molecule is O=C(Nc1ccccc1)c1cc2nc(-c3ccccc3)cc(-c3ccccc3)n2n1. The summed E-state index contributed by atoms with van der Waals surface area (Å²) in [6, 6.07) is 33.0. The van der Waals surface area contributed by atoms with Crippen LogP contribution in [0.5, 0.6) is 0 Å². The minimum Gasteiger partial charge on any atom is -0.321 e. The van der Waals surface area contributed by atoms with Crippen LogP contribution in [0.25, 0.3) is 28.2 Å². The molecule has 144 valence electrons. The highest BCUT2D eigenvalue weighted by molar-refractivity contribution is 6.03. The molecule has 2 heterocycles. The Kier molecular flexibility index (Phi) is 4.54. The van der Waals surface area contributed by atoms with Crippen molar-refractivity contribution in [1.29, 1.82) is 0 Å². The molecule has 0 aliphatic carbocycles. The third-order valence-electron chi connectivity index (χ3n) is 4.83. The van der Waals surface area contributed by atoms with Gasteiger partial charge in [0.05, 0.1) is 11.4 Å². The smallest absolute Gasteiger partial charge is 0.276 e. The Balaban J connectivity index is 1.63. The van der Waals surface area contributed by atoms with Gasteiger partial charge in [-0.05, 0) is 18.2 Å². The fourth-order valence-electron chi connectivity index (χ4n) is 3.37. The van der Waals surface area contributed by atoms with Crippen LogP contribution in [0.3, 0.4) is 0 Å². The molecule has 2 aromatic heterocycles. The van der Waals surface area contributed by atoms with E-state index < -0.39 is 0 Å². The highest BCUT2D eigenvalue weighted by Gasteiger charge is 2.16. The van der Waals surface area contributed by atoms with E-state index in [2.05, 4.69) is 10.4 Å². The van der Waals surface area contributed by atoms with Crippen LogP contribution in [-0.2, 0) is 0 Å². The van der Waals surface area contributed by atoms with Crippen molar-refractivity contribution in [3.8, 4) is 22.5 Å². The molecule has 0 saturated carbocycles. The van der Waals surface area contributed by atoms with Gasteiger partial charge in [-0.3, -0.25) is 4.79 Å². The molecule has 0 spiro atoms. The summed E-state index contributed by atoms with van der Waals surface area (Å²) in [5.41, 5.74) is 5.37. The van der Waals surface area contributed by atoms with Gasteiger partial charge in [-0.25, -0.2) is 9.50 Å². The molecule has 0 bridgehead atoms. The molecule has 5 rings (SSSR count). The van der Waals surface area contributed by atoms with Gasteiger partial charge in [0.25, 0.3) is 5.91 Å². The number of hydrogen-bond acceptors (Lipinski definition) is 3. The second-order valence-corrected chi connectivity index (χ2v) is 6.88. The maximum absolute atomic E-state index is 12.8. The first-order valence-corrected chi connectivity index (χ1v) is 9.66. The first-order valence-electron chi connectivity index (χ1n) is 9.66. The molecule has 5 heteroatoms. The normalized spacial score (nSPS) is 10.8. The Morgan fingerprint density at radius 1 is 0.733 bits per heavy atom. The fraction of sp³-hybridized carbons (Fsp3) is 0. The number of rotatable bonds is 4. The average Bonchev–Trinajstić information content (AvgIpc) is 3.25. The Morgan fingerprint density at radius 2 is 1.33 bits per heavy atom. The summed E-state index contributed by atoms with van der Waals surface area (Å²) >= 11 is 0. The van der Waals surface area contributed by atoms with E-state index in [4.69, 9.17) is 4.98 Å². The number of carbonyl (C=O) groups excluding carboxylic acids is 1. The predicted molar refractivity (Wildman–Crippen MR) is 118 cm³/mol. The van der Waals surface area contributed by atoms with Gasteiger partial charge in [-0.1, -0.05) is 78.9 Å². The molecular weight excluding hydrogens is 372 g/mol. The van der Waals surface area contributed by atoms with Crippen LogP contribution in [0.2, 0.25) is 0 Å². The Hall–Kier alpha value is -4.25. The van der Waals surface area contributed by atoms with E-state index >= 15 is 0 Å². The average molecular weight is 390 g/mol. The lowest BCUT2D eigenvalue weighted by molar-refractivity contribution is 0.102. The van der Waals surface area contributed by atoms with Crippen molar-refractivity contribution in [1.82, 2.24) is 14.6 Å². The second kappa shape index (κ2) is 7.64. The zero-order valence-electron chi connectivity index (χ0n) is 16.1. The van der Waals surface area contributed by atoms with E-state index in [1.807, 2.05) is 97.1 Å². The summed E-state index contributed by atoms with van der Waals surface area (Å²) in [5, 5.41) is 7.44. The van der Waals surface area contributed by atoms with Crippen LogP contribution in [0, 0.1) is 0 Å². The molecule has 5 nitrogen and oxygen atoms in total. The summed E-state index contributed by atoms with van der Waals surface area (Å²) in [5.74, 6) is -0.271. The molecule has 1 amide bonds. The quantitative estimate of drug-likeness (QED) is 0.452. The number of aromatic nitrogens is 3. The Bertz CT molecular complexity index is 1310. The molecule has 5 aromatic rings. The molecule has 0 unspecified atom stereocenters. The van der Waals surface area contributed by atoms with Crippen LogP contribution in [-0.4, -0.2) is 20.5 Å². The maximum Gasteiger partial charge on any atom is 0.276 e. The van der Waals surface area contributed by atoms with E-state index in [-0.39, 0.29) is 5.91 Å². The molecule has 0 aliphatic heterocycles. The number of anilines is 1. The van der Waals surface area contributed by atoms with E-state index in [9.17, 15) is 4.79 Å². The van der Waals surface area contributed by atoms with Gasteiger partial charge in [0.2, 0.25) is 0 Å². The van der Waals surface area contributed by atoms with Crippen molar-refractivity contribution in [2.45, 2.75) is 0 Å². The number of nitrogens with one attached hydrogen (secondary N) is 1. The number of fused-ring (bicyclic) bond motifs is 1. The second-order valence-electron chi connectivity index (χ2n) is 6.88. The van der Waals surface area contributed by atoms with Crippen LogP contribution >= 0.6 is 0 Å². The summed E-state index contributed by atoms with van der Waals surface area (Å²) in [7, 11) is 0. The van der Waals surface area contributed by atoms with E-state index in [1.165, 1.54) is 0 Å². The lowest BCUT2D eigenvalue weighted by Gasteiger charge is -2.08. The fourth-order valence-corrected chi connectivity index (χ4v) is 3.37. The summed E-state index contributed by atoms with van der Waals surface area (Å²) in [6.45, 7) is 0. The number of hydrogen-bond donors (Lipinski definition) is 1. The van der Waals surface area contributed by atoms with E-state index in [0.29, 0.717) is 11.3 Å². The zero-order chi connectivity index (χ0) is 20.3. The largest absolute Gasteiger partial charge is 0.321 e. The van der Waals surface area contributed by atoms with Crippen molar-refractivity contribution in [3.05, 3.63) is 109 Å². The Labute approximate surface area is 173 Å². The molecule has 0 atom stereocenters. The number of para-hydroxylation sites is 1. The van der Waals surface area contributed by atoms with Crippen molar-refractivity contribution in [3.63, 3.8) is 0 Å². The van der Waals surface area contributed by atoms with Crippen molar-refractivity contribution in [2.75, 3.05) is 5.32 Å². The third kappa shape index (κ3) is 3.44. The van der Waals surface area contributed by atoms with Crippen LogP contribution in [0.1, 0.15) is 10.5 Å². The summed E-state index contributed by atoms with van der Waals surface area (Å²) in [6.07, 6.45) is 0. The summed E-state index contributed by atoms with van der Waals surface area (Å²) < 4.78 is 1.72. The molecule has 0 saturated heterocycles. The zero-order valence-corrected chi connectivity index (χ0v) is 16.1. The Morgan fingerprint density at radius 3 is 2.00 bits per heavy atom. The summed E-state index contributed by atoms with van der Waals surface area (Å²) in [4.78, 5) is 17.5. The van der Waals surface area contributed by atoms with Gasteiger partial charge < -0.3 is 5.32 Å². The minimum absolute atomic E-state index is 0.271. The van der Waals surface area contributed by atoms with Gasteiger partial charge in [-0.15, -0.1) is 0 Å². The molecule has 1 N–H and O–H groups in total. The molecule has 0 fully saturated rings. The molecule has 3 aromatic carbocycles. The van der Waals surface area contributed by atoms with Gasteiger partial charge in [0, 0.05) is 22.9 Å². The standard InChI is InChI=1S/C25H18N4O/c30-25(26-20-14-8-3-9-15-20)22-17-24-27-21(18-10-4-1-5-11-18)16-23(29(24)28-22)19-12-6-2-7-13-19/h1-17H,(H,26,30). The molecule has 0 aliphatic rings. The van der Waals surface area contributed by atoms with Crippen molar-refractivity contribution >= 4 is 17.2 Å². The number of carbonyl (C=O) groups is 1. The van der Waals surface area contributed by atoms with Crippen molar-refractivity contribution < 1.29 is 4.79 Å². The lowest BCUT2D eigenvalue weighted by Crippen LogP contribution is -2.12. The van der Waals surface area contributed by atoms with Gasteiger partial charge in [0.15, 0.2) is 11.3 Å². The van der Waals surface area contributed by atoms with Crippen LogP contribution in [0.15, 0.2) is 103 Å². The van der Waals surface area contributed by atoms with E-state index in [1.54, 1.807) is 10.6 Å². The third-order valence-corrected chi connectivity index (χ3v) is 4.83. The highest BCUT2D eigenvalue weighted by atomic mass is 16.1. The minimum atomic E-state index is -0.271. The first-order chi connectivity index (χ1) is 14.8. The van der Waals surface area contributed by atoms with E-state index in [0.717, 1.165) is 28.2 Å². The molecule has 30 heavy (non-hydrogen) atoms. The van der Waals surface area contributed by atoms with Crippen LogP contribution < -0.4 is 5.32 Å². The highest BCUT2D eigenvalue weighted by Crippen LogP contribution is 2.26. The van der Waals surface area contributed by atoms with Crippen molar-refractivity contribution in [2.24, 2.45) is 0 Å². The van der Waals surface area contributed by atoms with Gasteiger partial charge in [0.1, 0.15) is 0 Å². The number of benzene rings is 3. The maximum atomic E-state index is 12.8. The van der Waals surface area contributed by atoms with Gasteiger partial charge >= 0.3 is 0 Å². The number of amides is 1. The molecular formula is C25H18N4O. The monoisotopic (exact) mass is 390 g/mol. The topological polar surface area (TPSA) is 59.3 Å². The van der Waals surface area contributed by atoms with Gasteiger partial charge in [-0.2, -0.15) is 5.10 Å².